The van der Waals surface area contributed by atoms with Crippen LogP contribution in [0.2, 0.25) is 0 Å². The molecule has 1 aromatic carbocycles. The molecule has 0 saturated heterocycles. The van der Waals surface area contributed by atoms with Crippen molar-refractivity contribution in [2.45, 2.75) is 6.42 Å². The van der Waals surface area contributed by atoms with E-state index in [2.05, 4.69) is 10.6 Å². The second-order valence-corrected chi connectivity index (χ2v) is 3.67. The molecule has 0 unspecified atom stereocenters. The standard InChI is InChI=1S/C12H16F2N2O2/c1-15-11-9(13)6-8(7-10(11)14)12(17)16-4-3-5-18-2/h6-7,15H,3-5H2,1-2H3,(H,16,17). The van der Waals surface area contributed by atoms with Crippen molar-refractivity contribution in [3.8, 4) is 0 Å². The lowest BCUT2D eigenvalue weighted by Crippen LogP contribution is -2.25. The highest BCUT2D eigenvalue weighted by atomic mass is 19.1. The highest BCUT2D eigenvalue weighted by Gasteiger charge is 2.13. The third kappa shape index (κ3) is 3.66. The minimum Gasteiger partial charge on any atom is -0.385 e. The van der Waals surface area contributed by atoms with E-state index in [4.69, 9.17) is 4.74 Å². The summed E-state index contributed by atoms with van der Waals surface area (Å²) in [6.07, 6.45) is 0.641. The van der Waals surface area contributed by atoms with Gasteiger partial charge >= 0.3 is 0 Å². The van der Waals surface area contributed by atoms with Crippen LogP contribution in [0.15, 0.2) is 12.1 Å². The van der Waals surface area contributed by atoms with Gasteiger partial charge in [-0.05, 0) is 18.6 Å². The van der Waals surface area contributed by atoms with E-state index < -0.39 is 17.5 Å². The number of methoxy groups -OCH3 is 1. The van der Waals surface area contributed by atoms with Crippen LogP contribution in [0.5, 0.6) is 0 Å². The van der Waals surface area contributed by atoms with Crippen LogP contribution < -0.4 is 10.6 Å². The van der Waals surface area contributed by atoms with E-state index in [0.717, 1.165) is 12.1 Å². The van der Waals surface area contributed by atoms with Crippen LogP contribution in [-0.2, 0) is 4.74 Å². The van der Waals surface area contributed by atoms with E-state index in [0.29, 0.717) is 19.6 Å². The number of hydrogen-bond acceptors (Lipinski definition) is 3. The molecule has 0 aliphatic heterocycles. The lowest BCUT2D eigenvalue weighted by atomic mass is 10.1. The topological polar surface area (TPSA) is 50.4 Å². The molecule has 0 atom stereocenters. The Morgan fingerprint density at radius 2 is 1.94 bits per heavy atom. The van der Waals surface area contributed by atoms with Crippen molar-refractivity contribution in [3.05, 3.63) is 29.3 Å². The molecule has 0 aliphatic carbocycles. The van der Waals surface area contributed by atoms with Crippen LogP contribution in [0.1, 0.15) is 16.8 Å². The molecular weight excluding hydrogens is 242 g/mol. The van der Waals surface area contributed by atoms with E-state index in [-0.39, 0.29) is 11.3 Å². The van der Waals surface area contributed by atoms with Gasteiger partial charge in [0.1, 0.15) is 17.3 Å². The minimum absolute atomic E-state index is 0.0404. The Bertz CT molecular complexity index is 402. The van der Waals surface area contributed by atoms with Crippen LogP contribution in [-0.4, -0.2) is 33.2 Å². The number of ether oxygens (including phenoxy) is 1. The van der Waals surface area contributed by atoms with E-state index >= 15 is 0 Å². The molecule has 0 saturated carbocycles. The summed E-state index contributed by atoms with van der Waals surface area (Å²) in [7, 11) is 2.97. The van der Waals surface area contributed by atoms with Gasteiger partial charge in [-0.25, -0.2) is 8.78 Å². The predicted molar refractivity (Wildman–Crippen MR) is 64.7 cm³/mol. The van der Waals surface area contributed by atoms with Crippen LogP contribution in [0.4, 0.5) is 14.5 Å². The number of halogens is 2. The number of rotatable bonds is 6. The summed E-state index contributed by atoms with van der Waals surface area (Å²) in [5.74, 6) is -2.09. The molecule has 2 N–H and O–H groups in total. The number of nitrogens with one attached hydrogen (secondary N) is 2. The Morgan fingerprint density at radius 1 is 1.33 bits per heavy atom. The van der Waals surface area contributed by atoms with Crippen molar-refractivity contribution in [1.29, 1.82) is 0 Å². The molecule has 6 heteroatoms. The van der Waals surface area contributed by atoms with Crippen molar-refractivity contribution >= 4 is 11.6 Å². The molecule has 0 aliphatic rings. The Balaban J connectivity index is 2.69. The molecule has 0 aromatic heterocycles. The minimum atomic E-state index is -0.792. The lowest BCUT2D eigenvalue weighted by Gasteiger charge is -2.08. The van der Waals surface area contributed by atoms with Gasteiger partial charge in [-0.2, -0.15) is 0 Å². The zero-order valence-corrected chi connectivity index (χ0v) is 10.3. The fourth-order valence-corrected chi connectivity index (χ4v) is 1.46. The number of amides is 1. The molecule has 4 nitrogen and oxygen atoms in total. The van der Waals surface area contributed by atoms with E-state index in [1.807, 2.05) is 0 Å². The molecule has 18 heavy (non-hydrogen) atoms. The maximum atomic E-state index is 13.4. The van der Waals surface area contributed by atoms with Crippen molar-refractivity contribution in [2.24, 2.45) is 0 Å². The van der Waals surface area contributed by atoms with Crippen molar-refractivity contribution in [2.75, 3.05) is 32.6 Å². The van der Waals surface area contributed by atoms with Gasteiger partial charge in [-0.15, -0.1) is 0 Å². The third-order valence-electron chi connectivity index (χ3n) is 2.37. The average molecular weight is 258 g/mol. The van der Waals surface area contributed by atoms with Gasteiger partial charge in [0.15, 0.2) is 0 Å². The Morgan fingerprint density at radius 3 is 2.44 bits per heavy atom. The van der Waals surface area contributed by atoms with Crippen LogP contribution in [0.25, 0.3) is 0 Å². The van der Waals surface area contributed by atoms with Crippen molar-refractivity contribution < 1.29 is 18.3 Å². The van der Waals surface area contributed by atoms with E-state index in [1.165, 1.54) is 7.05 Å². The number of carbonyl (C=O) groups excluding carboxylic acids is 1. The molecule has 0 heterocycles. The maximum absolute atomic E-state index is 13.4. The normalized spacial score (nSPS) is 10.2. The summed E-state index contributed by atoms with van der Waals surface area (Å²) in [5, 5.41) is 4.94. The fraction of sp³-hybridized carbons (Fsp3) is 0.417. The predicted octanol–water partition coefficient (Wildman–Crippen LogP) is 1.77. The molecule has 1 aromatic rings. The first kappa shape index (κ1) is 14.4. The third-order valence-corrected chi connectivity index (χ3v) is 2.37. The van der Waals surface area contributed by atoms with Gasteiger partial charge in [0.05, 0.1) is 0 Å². The quantitative estimate of drug-likeness (QED) is 0.765. The fourth-order valence-electron chi connectivity index (χ4n) is 1.46. The Hall–Kier alpha value is -1.69. The second-order valence-electron chi connectivity index (χ2n) is 3.67. The molecule has 0 bridgehead atoms. The highest BCUT2D eigenvalue weighted by Crippen LogP contribution is 2.20. The second kappa shape index (κ2) is 6.90. The molecule has 1 amide bonds. The van der Waals surface area contributed by atoms with Gasteiger partial charge in [0.2, 0.25) is 0 Å². The first-order chi connectivity index (χ1) is 8.60. The van der Waals surface area contributed by atoms with Gasteiger partial charge in [0, 0.05) is 32.9 Å². The smallest absolute Gasteiger partial charge is 0.251 e. The maximum Gasteiger partial charge on any atom is 0.251 e. The molecule has 1 rings (SSSR count). The number of carbonyl (C=O) groups is 1. The average Bonchev–Trinajstić information content (AvgIpc) is 2.34. The van der Waals surface area contributed by atoms with E-state index in [9.17, 15) is 13.6 Å². The van der Waals surface area contributed by atoms with Crippen molar-refractivity contribution in [3.63, 3.8) is 0 Å². The summed E-state index contributed by atoms with van der Waals surface area (Å²) in [6.45, 7) is 0.908. The highest BCUT2D eigenvalue weighted by molar-refractivity contribution is 5.94. The number of anilines is 1. The molecule has 0 spiro atoms. The van der Waals surface area contributed by atoms with Crippen LogP contribution >= 0.6 is 0 Å². The Kier molecular flexibility index (Phi) is 5.51. The zero-order valence-electron chi connectivity index (χ0n) is 10.3. The van der Waals surface area contributed by atoms with Gasteiger partial charge in [-0.1, -0.05) is 0 Å². The van der Waals surface area contributed by atoms with Gasteiger partial charge in [0.25, 0.3) is 5.91 Å². The van der Waals surface area contributed by atoms with E-state index in [1.54, 1.807) is 7.11 Å². The number of benzene rings is 1. The summed E-state index contributed by atoms with van der Waals surface area (Å²) in [4.78, 5) is 11.6. The van der Waals surface area contributed by atoms with Crippen LogP contribution in [0.3, 0.4) is 0 Å². The lowest BCUT2D eigenvalue weighted by molar-refractivity contribution is 0.0947. The largest absolute Gasteiger partial charge is 0.385 e. The number of hydrogen-bond donors (Lipinski definition) is 2. The summed E-state index contributed by atoms with van der Waals surface area (Å²) in [5.41, 5.74) is -0.285. The summed E-state index contributed by atoms with van der Waals surface area (Å²) >= 11 is 0. The van der Waals surface area contributed by atoms with Gasteiger partial charge in [-0.3, -0.25) is 4.79 Å². The first-order valence-corrected chi connectivity index (χ1v) is 5.54. The van der Waals surface area contributed by atoms with Gasteiger partial charge < -0.3 is 15.4 Å². The van der Waals surface area contributed by atoms with Crippen LogP contribution in [0, 0.1) is 11.6 Å². The SMILES string of the molecule is CNc1c(F)cc(C(=O)NCCCOC)cc1F. The Labute approximate surface area is 104 Å². The molecule has 0 fully saturated rings. The summed E-state index contributed by atoms with van der Waals surface area (Å²) in [6, 6.07) is 2.00. The monoisotopic (exact) mass is 258 g/mol. The molecule has 100 valence electrons. The molecule has 0 radical (unpaired) electrons. The zero-order chi connectivity index (χ0) is 13.5. The summed E-state index contributed by atoms with van der Waals surface area (Å²) < 4.78 is 31.6. The van der Waals surface area contributed by atoms with Crippen molar-refractivity contribution in [1.82, 2.24) is 5.32 Å². The molecular formula is C12H16F2N2O2. The first-order valence-electron chi connectivity index (χ1n) is 5.54.